The molecular weight excluding hydrogens is 535 g/mol. The highest BCUT2D eigenvalue weighted by molar-refractivity contribution is 9.10. The number of carbonyl (C=O) groups is 3. The van der Waals surface area contributed by atoms with Gasteiger partial charge in [0.25, 0.3) is 0 Å². The van der Waals surface area contributed by atoms with Crippen LogP contribution < -0.4 is 11.1 Å². The molecule has 9 nitrogen and oxygen atoms in total. The van der Waals surface area contributed by atoms with Crippen LogP contribution in [0.4, 0.5) is 18.9 Å². The summed E-state index contributed by atoms with van der Waals surface area (Å²) in [5.41, 5.74) is 8.53. The summed E-state index contributed by atoms with van der Waals surface area (Å²) in [4.78, 5) is 35.9. The molecule has 0 bridgehead atoms. The average Bonchev–Trinajstić information content (AvgIpc) is 3.48. The number of fused-ring (bicyclic) bond motifs is 1. The van der Waals surface area contributed by atoms with E-state index in [9.17, 15) is 22.8 Å². The molecule has 0 radical (unpaired) electrons. The largest absolute Gasteiger partial charge is 0.490 e. The van der Waals surface area contributed by atoms with Gasteiger partial charge in [0.05, 0.1) is 17.6 Å². The third-order valence-electron chi connectivity index (χ3n) is 5.32. The monoisotopic (exact) mass is 555 g/mol. The fourth-order valence-corrected chi connectivity index (χ4v) is 3.71. The molecule has 1 aliphatic heterocycles. The number of hydrogen-bond donors (Lipinski definition) is 4. The summed E-state index contributed by atoms with van der Waals surface area (Å²) >= 11 is 3.37. The van der Waals surface area contributed by atoms with E-state index in [1.165, 1.54) is 0 Å². The first kappa shape index (κ1) is 26.2. The van der Waals surface area contributed by atoms with E-state index in [2.05, 4.69) is 31.4 Å². The fraction of sp³-hybridized carbons (Fsp3) is 0.273. The van der Waals surface area contributed by atoms with Crippen molar-refractivity contribution >= 4 is 50.3 Å². The Labute approximate surface area is 205 Å². The number of H-pyrrole nitrogens is 1. The van der Waals surface area contributed by atoms with Crippen LogP contribution in [0.5, 0.6) is 0 Å². The molecule has 0 saturated carbocycles. The molecule has 2 amide bonds. The number of nitrogens with one attached hydrogen (secondary N) is 2. The van der Waals surface area contributed by atoms with Crippen LogP contribution in [0.2, 0.25) is 0 Å². The van der Waals surface area contributed by atoms with E-state index in [-0.39, 0.29) is 17.7 Å². The highest BCUT2D eigenvalue weighted by atomic mass is 79.9. The topological polar surface area (TPSA) is 141 Å². The van der Waals surface area contributed by atoms with Crippen molar-refractivity contribution in [1.29, 1.82) is 0 Å². The van der Waals surface area contributed by atoms with Gasteiger partial charge in [0.1, 0.15) is 6.04 Å². The van der Waals surface area contributed by atoms with Crippen LogP contribution in [0.3, 0.4) is 0 Å². The number of alkyl halides is 3. The molecule has 1 fully saturated rings. The molecule has 2 heterocycles. The predicted octanol–water partition coefficient (Wildman–Crippen LogP) is 3.45. The zero-order valence-electron chi connectivity index (χ0n) is 18.1. The van der Waals surface area contributed by atoms with E-state index < -0.39 is 18.2 Å². The van der Waals surface area contributed by atoms with E-state index in [1.54, 1.807) is 11.1 Å². The first-order chi connectivity index (χ1) is 16.5. The Morgan fingerprint density at radius 3 is 2.49 bits per heavy atom. The first-order valence-electron chi connectivity index (χ1n) is 10.3. The summed E-state index contributed by atoms with van der Waals surface area (Å²) in [7, 11) is 0. The van der Waals surface area contributed by atoms with Crippen molar-refractivity contribution < 1.29 is 32.7 Å². The van der Waals surface area contributed by atoms with Crippen molar-refractivity contribution in [2.24, 2.45) is 11.7 Å². The number of benzene rings is 2. The molecule has 1 saturated heterocycles. The summed E-state index contributed by atoms with van der Waals surface area (Å²) in [6, 6.07) is 12.2. The number of carbonyl (C=O) groups excluding carboxylic acids is 2. The lowest BCUT2D eigenvalue weighted by Crippen LogP contribution is -2.38. The predicted molar refractivity (Wildman–Crippen MR) is 124 cm³/mol. The number of nitrogens with two attached hydrogens (primary N) is 1. The molecule has 2 unspecified atom stereocenters. The van der Waals surface area contributed by atoms with Crippen molar-refractivity contribution in [2.75, 3.05) is 18.4 Å². The Bertz CT molecular complexity index is 1220. The molecule has 2 atom stereocenters. The summed E-state index contributed by atoms with van der Waals surface area (Å²) < 4.78 is 32.7. The zero-order valence-corrected chi connectivity index (χ0v) is 19.6. The van der Waals surface area contributed by atoms with Gasteiger partial charge in [-0.2, -0.15) is 18.3 Å². The molecular formula is C22H21BrF3N5O4. The van der Waals surface area contributed by atoms with Gasteiger partial charge in [-0.25, -0.2) is 4.79 Å². The molecule has 35 heavy (non-hydrogen) atoms. The number of rotatable bonds is 4. The fourth-order valence-electron chi connectivity index (χ4n) is 3.45. The van der Waals surface area contributed by atoms with Crippen molar-refractivity contribution in [3.63, 3.8) is 0 Å². The Balaban J connectivity index is 0.000000429. The van der Waals surface area contributed by atoms with Crippen LogP contribution in [0, 0.1) is 5.92 Å². The molecule has 5 N–H and O–H groups in total. The van der Waals surface area contributed by atoms with Crippen LogP contribution in [-0.2, 0) is 14.4 Å². The molecule has 0 aliphatic carbocycles. The third kappa shape index (κ3) is 6.79. The molecule has 13 heteroatoms. The molecule has 186 valence electrons. The lowest BCUT2D eigenvalue weighted by atomic mass is 10.1. The smallest absolute Gasteiger partial charge is 0.475 e. The standard InChI is InChI=1S/C20H20BrN5O2.C2HF3O2/c21-15-3-1-12(2-4-15)18(22)20(28)26-8-7-13(11-26)19(27)24-16-5-6-17-14(9-16)10-23-25-17;3-2(4,5)1(6)7/h1-6,9-10,13,18H,7-8,11,22H2,(H,23,25)(H,24,27);(H,6,7). The van der Waals surface area contributed by atoms with E-state index in [0.29, 0.717) is 19.5 Å². The minimum atomic E-state index is -5.08. The van der Waals surface area contributed by atoms with E-state index in [0.717, 1.165) is 26.6 Å². The quantitative estimate of drug-likeness (QED) is 0.388. The van der Waals surface area contributed by atoms with Gasteiger partial charge in [-0.15, -0.1) is 0 Å². The molecule has 1 aromatic heterocycles. The second-order valence-corrected chi connectivity index (χ2v) is 8.68. The van der Waals surface area contributed by atoms with Gasteiger partial charge in [-0.3, -0.25) is 14.7 Å². The summed E-state index contributed by atoms with van der Waals surface area (Å²) in [5.74, 6) is -3.25. The van der Waals surface area contributed by atoms with Crippen molar-refractivity contribution in [3.05, 3.63) is 58.7 Å². The van der Waals surface area contributed by atoms with Crippen LogP contribution in [0.15, 0.2) is 53.1 Å². The van der Waals surface area contributed by atoms with Gasteiger partial charge in [-0.1, -0.05) is 28.1 Å². The van der Waals surface area contributed by atoms with Gasteiger partial charge in [0.15, 0.2) is 0 Å². The average molecular weight is 556 g/mol. The second kappa shape index (κ2) is 10.9. The Hall–Kier alpha value is -3.45. The number of anilines is 1. The summed E-state index contributed by atoms with van der Waals surface area (Å²) in [6.07, 6.45) is -2.75. The molecule has 4 rings (SSSR count). The van der Waals surface area contributed by atoms with Gasteiger partial charge < -0.3 is 21.1 Å². The van der Waals surface area contributed by atoms with Crippen molar-refractivity contribution in [3.8, 4) is 0 Å². The zero-order chi connectivity index (χ0) is 25.8. The highest BCUT2D eigenvalue weighted by Gasteiger charge is 2.38. The number of aromatic amines is 1. The Morgan fingerprint density at radius 1 is 1.20 bits per heavy atom. The number of likely N-dealkylation sites (tertiary alicyclic amines) is 1. The van der Waals surface area contributed by atoms with Crippen LogP contribution in [0.1, 0.15) is 18.0 Å². The first-order valence-corrected chi connectivity index (χ1v) is 11.1. The number of carboxylic acid groups (broad SMARTS) is 1. The minimum absolute atomic E-state index is 0.0876. The number of halogens is 4. The third-order valence-corrected chi connectivity index (χ3v) is 5.84. The lowest BCUT2D eigenvalue weighted by Gasteiger charge is -2.21. The van der Waals surface area contributed by atoms with Crippen molar-refractivity contribution in [1.82, 2.24) is 15.1 Å². The SMILES string of the molecule is NC(C(=O)N1CCC(C(=O)Nc2ccc3[nH]ncc3c2)C1)c1ccc(Br)cc1.O=C(O)C(F)(F)F. The van der Waals surface area contributed by atoms with Crippen LogP contribution >= 0.6 is 15.9 Å². The molecule has 1 aliphatic rings. The van der Waals surface area contributed by atoms with Gasteiger partial charge in [0.2, 0.25) is 11.8 Å². The van der Waals surface area contributed by atoms with Gasteiger partial charge >= 0.3 is 12.1 Å². The molecule has 2 aromatic carbocycles. The maximum Gasteiger partial charge on any atom is 0.490 e. The number of amides is 2. The maximum atomic E-state index is 12.7. The van der Waals surface area contributed by atoms with Crippen LogP contribution in [-0.4, -0.2) is 57.3 Å². The van der Waals surface area contributed by atoms with E-state index in [1.807, 2.05) is 42.5 Å². The van der Waals surface area contributed by atoms with Crippen LogP contribution in [0.25, 0.3) is 10.9 Å². The highest BCUT2D eigenvalue weighted by Crippen LogP contribution is 2.24. The number of aromatic nitrogens is 2. The lowest BCUT2D eigenvalue weighted by molar-refractivity contribution is -0.192. The second-order valence-electron chi connectivity index (χ2n) is 7.76. The van der Waals surface area contributed by atoms with Gasteiger partial charge in [-0.05, 0) is 42.3 Å². The molecule has 3 aromatic rings. The van der Waals surface area contributed by atoms with E-state index >= 15 is 0 Å². The number of aliphatic carboxylic acids is 1. The Kier molecular flexibility index (Phi) is 8.12. The van der Waals surface area contributed by atoms with Gasteiger partial charge in [0, 0.05) is 28.6 Å². The Morgan fingerprint density at radius 2 is 1.86 bits per heavy atom. The molecule has 0 spiro atoms. The maximum absolute atomic E-state index is 12.7. The number of carboxylic acids is 1. The van der Waals surface area contributed by atoms with E-state index in [4.69, 9.17) is 15.6 Å². The summed E-state index contributed by atoms with van der Waals surface area (Å²) in [6.45, 7) is 0.908. The summed E-state index contributed by atoms with van der Waals surface area (Å²) in [5, 5.41) is 17.9. The normalized spacial score (nSPS) is 16.4. The minimum Gasteiger partial charge on any atom is -0.475 e. The number of hydrogen-bond acceptors (Lipinski definition) is 5. The number of nitrogens with zero attached hydrogens (tertiary/aromatic N) is 2. The van der Waals surface area contributed by atoms with Crippen molar-refractivity contribution in [2.45, 2.75) is 18.6 Å².